The fourth-order valence-corrected chi connectivity index (χ4v) is 2.15. The highest BCUT2D eigenvalue weighted by Crippen LogP contribution is 2.15. The molecule has 3 rings (SSSR count). The van der Waals surface area contributed by atoms with E-state index in [0.29, 0.717) is 13.2 Å². The molecular formula is C16H17N3O. The third kappa shape index (κ3) is 2.51. The number of nitrogens with zero attached hydrogens (tertiary/aromatic N) is 2. The van der Waals surface area contributed by atoms with Crippen molar-refractivity contribution in [3.05, 3.63) is 65.6 Å². The molecule has 0 bridgehead atoms. The summed E-state index contributed by atoms with van der Waals surface area (Å²) in [5.41, 5.74) is 9.72. The van der Waals surface area contributed by atoms with Crippen molar-refractivity contribution < 1.29 is 4.74 Å². The van der Waals surface area contributed by atoms with Crippen LogP contribution in [0, 0.1) is 6.92 Å². The number of nitrogens with two attached hydrogens (primary N) is 1. The Morgan fingerprint density at radius 1 is 1.20 bits per heavy atom. The predicted molar refractivity (Wildman–Crippen MR) is 78.6 cm³/mol. The van der Waals surface area contributed by atoms with Gasteiger partial charge in [-0.1, -0.05) is 18.2 Å². The zero-order valence-electron chi connectivity index (χ0n) is 11.4. The van der Waals surface area contributed by atoms with Crippen LogP contribution in [-0.2, 0) is 13.2 Å². The third-order valence-electron chi connectivity index (χ3n) is 3.27. The second kappa shape index (κ2) is 5.35. The van der Waals surface area contributed by atoms with Crippen molar-refractivity contribution in [2.45, 2.75) is 20.1 Å². The highest BCUT2D eigenvalue weighted by atomic mass is 16.5. The molecule has 20 heavy (non-hydrogen) atoms. The molecule has 4 nitrogen and oxygen atoms in total. The molecule has 0 amide bonds. The van der Waals surface area contributed by atoms with E-state index in [0.717, 1.165) is 28.2 Å². The Morgan fingerprint density at radius 3 is 2.70 bits per heavy atom. The van der Waals surface area contributed by atoms with E-state index in [1.54, 1.807) is 0 Å². The van der Waals surface area contributed by atoms with E-state index in [1.807, 2.05) is 47.1 Å². The van der Waals surface area contributed by atoms with Crippen molar-refractivity contribution in [3.8, 4) is 5.75 Å². The molecule has 0 saturated heterocycles. The van der Waals surface area contributed by atoms with Crippen LogP contribution in [0.4, 0.5) is 0 Å². The largest absolute Gasteiger partial charge is 0.487 e. The fraction of sp³-hybridized carbons (Fsp3) is 0.188. The molecule has 1 aromatic carbocycles. The normalized spacial score (nSPS) is 10.9. The third-order valence-corrected chi connectivity index (χ3v) is 3.27. The first-order chi connectivity index (χ1) is 9.76. The minimum absolute atomic E-state index is 0.461. The Labute approximate surface area is 117 Å². The zero-order valence-corrected chi connectivity index (χ0v) is 11.4. The number of hydrogen-bond acceptors (Lipinski definition) is 3. The molecule has 2 aromatic heterocycles. The van der Waals surface area contributed by atoms with Gasteiger partial charge in [-0.25, -0.2) is 4.98 Å². The summed E-state index contributed by atoms with van der Waals surface area (Å²) in [5, 5.41) is 0. The van der Waals surface area contributed by atoms with Crippen molar-refractivity contribution in [2.75, 3.05) is 0 Å². The molecule has 0 spiro atoms. The van der Waals surface area contributed by atoms with Crippen LogP contribution >= 0.6 is 0 Å². The van der Waals surface area contributed by atoms with Crippen molar-refractivity contribution in [1.29, 1.82) is 0 Å². The summed E-state index contributed by atoms with van der Waals surface area (Å²) in [6, 6.07) is 11.9. The quantitative estimate of drug-likeness (QED) is 0.790. The Balaban J connectivity index is 1.74. The molecule has 0 saturated carbocycles. The van der Waals surface area contributed by atoms with Gasteiger partial charge in [-0.2, -0.15) is 0 Å². The minimum Gasteiger partial charge on any atom is -0.487 e. The standard InChI is InChI=1S/C16H17N3O/c1-12-3-2-8-19-10-14(18-16(12)19)11-20-15-6-4-13(9-17)5-7-15/h2-8,10H,9,11,17H2,1H3. The summed E-state index contributed by atoms with van der Waals surface area (Å²) in [6.45, 7) is 3.06. The zero-order chi connectivity index (χ0) is 13.9. The number of hydrogen-bond donors (Lipinski definition) is 1. The van der Waals surface area contributed by atoms with E-state index >= 15 is 0 Å². The van der Waals surface area contributed by atoms with E-state index in [-0.39, 0.29) is 0 Å². The summed E-state index contributed by atoms with van der Waals surface area (Å²) >= 11 is 0. The Bertz CT molecular complexity index is 716. The monoisotopic (exact) mass is 267 g/mol. The van der Waals surface area contributed by atoms with E-state index in [4.69, 9.17) is 10.5 Å². The second-order valence-electron chi connectivity index (χ2n) is 4.79. The lowest BCUT2D eigenvalue weighted by molar-refractivity contribution is 0.302. The average Bonchev–Trinajstić information content (AvgIpc) is 2.90. The molecule has 3 aromatic rings. The summed E-state index contributed by atoms with van der Waals surface area (Å²) in [7, 11) is 0. The Morgan fingerprint density at radius 2 is 2.00 bits per heavy atom. The number of fused-ring (bicyclic) bond motifs is 1. The molecule has 4 heteroatoms. The summed E-state index contributed by atoms with van der Waals surface area (Å²) in [5.74, 6) is 0.830. The smallest absolute Gasteiger partial charge is 0.140 e. The highest BCUT2D eigenvalue weighted by Gasteiger charge is 2.04. The van der Waals surface area contributed by atoms with Crippen LogP contribution in [-0.4, -0.2) is 9.38 Å². The second-order valence-corrected chi connectivity index (χ2v) is 4.79. The van der Waals surface area contributed by atoms with Crippen molar-refractivity contribution in [1.82, 2.24) is 9.38 Å². The molecular weight excluding hydrogens is 250 g/mol. The fourth-order valence-electron chi connectivity index (χ4n) is 2.15. The number of imidazole rings is 1. The predicted octanol–water partition coefficient (Wildman–Crippen LogP) is 2.68. The molecule has 0 radical (unpaired) electrons. The van der Waals surface area contributed by atoms with Gasteiger partial charge in [-0.3, -0.25) is 0 Å². The number of rotatable bonds is 4. The molecule has 0 unspecified atom stereocenters. The van der Waals surface area contributed by atoms with Crippen LogP contribution in [0.2, 0.25) is 0 Å². The van der Waals surface area contributed by atoms with Gasteiger partial charge in [0.1, 0.15) is 18.0 Å². The van der Waals surface area contributed by atoms with Crippen LogP contribution in [0.3, 0.4) is 0 Å². The van der Waals surface area contributed by atoms with Gasteiger partial charge in [0, 0.05) is 18.9 Å². The highest BCUT2D eigenvalue weighted by molar-refractivity contribution is 5.47. The molecule has 0 aliphatic rings. The minimum atomic E-state index is 0.461. The summed E-state index contributed by atoms with van der Waals surface area (Å²) in [6.07, 6.45) is 3.99. The van der Waals surface area contributed by atoms with E-state index in [2.05, 4.69) is 18.0 Å². The molecule has 0 atom stereocenters. The molecule has 0 aliphatic heterocycles. The van der Waals surface area contributed by atoms with Gasteiger partial charge >= 0.3 is 0 Å². The number of ether oxygens (including phenoxy) is 1. The maximum Gasteiger partial charge on any atom is 0.140 e. The van der Waals surface area contributed by atoms with Gasteiger partial charge in [0.2, 0.25) is 0 Å². The van der Waals surface area contributed by atoms with Gasteiger partial charge in [-0.15, -0.1) is 0 Å². The first-order valence-corrected chi connectivity index (χ1v) is 6.61. The van der Waals surface area contributed by atoms with E-state index < -0.39 is 0 Å². The van der Waals surface area contributed by atoms with Gasteiger partial charge in [0.15, 0.2) is 0 Å². The van der Waals surface area contributed by atoms with Gasteiger partial charge in [-0.05, 0) is 36.2 Å². The maximum atomic E-state index is 5.74. The Hall–Kier alpha value is -2.33. The van der Waals surface area contributed by atoms with Gasteiger partial charge in [0.05, 0.1) is 5.69 Å². The summed E-state index contributed by atoms with van der Waals surface area (Å²) < 4.78 is 7.76. The number of aryl methyl sites for hydroxylation is 1. The lowest BCUT2D eigenvalue weighted by atomic mass is 10.2. The summed E-state index contributed by atoms with van der Waals surface area (Å²) in [4.78, 5) is 4.58. The van der Waals surface area contributed by atoms with Crippen LogP contribution < -0.4 is 10.5 Å². The molecule has 0 fully saturated rings. The SMILES string of the molecule is Cc1cccn2cc(COc3ccc(CN)cc3)nc12. The number of aromatic nitrogens is 2. The van der Waals surface area contributed by atoms with E-state index in [1.165, 1.54) is 0 Å². The van der Waals surface area contributed by atoms with Crippen LogP contribution in [0.5, 0.6) is 5.75 Å². The lowest BCUT2D eigenvalue weighted by Crippen LogP contribution is -1.98. The molecule has 2 heterocycles. The first kappa shape index (κ1) is 12.7. The topological polar surface area (TPSA) is 52.5 Å². The van der Waals surface area contributed by atoms with Crippen molar-refractivity contribution >= 4 is 5.65 Å². The number of pyridine rings is 1. The molecule has 2 N–H and O–H groups in total. The van der Waals surface area contributed by atoms with Gasteiger partial charge < -0.3 is 14.9 Å². The van der Waals surface area contributed by atoms with Crippen molar-refractivity contribution in [2.24, 2.45) is 5.73 Å². The maximum absolute atomic E-state index is 5.74. The first-order valence-electron chi connectivity index (χ1n) is 6.61. The van der Waals surface area contributed by atoms with Crippen LogP contribution in [0.15, 0.2) is 48.8 Å². The molecule has 102 valence electrons. The van der Waals surface area contributed by atoms with Crippen LogP contribution in [0.1, 0.15) is 16.8 Å². The lowest BCUT2D eigenvalue weighted by Gasteiger charge is -2.04. The Kier molecular flexibility index (Phi) is 3.39. The van der Waals surface area contributed by atoms with Crippen molar-refractivity contribution in [3.63, 3.8) is 0 Å². The van der Waals surface area contributed by atoms with E-state index in [9.17, 15) is 0 Å². The average molecular weight is 267 g/mol. The van der Waals surface area contributed by atoms with Gasteiger partial charge in [0.25, 0.3) is 0 Å². The number of benzene rings is 1. The van der Waals surface area contributed by atoms with Crippen LogP contribution in [0.25, 0.3) is 5.65 Å². The molecule has 0 aliphatic carbocycles.